The Hall–Kier alpha value is -0.830. The maximum absolute atomic E-state index is 4.31. The Morgan fingerprint density at radius 2 is 2.21 bits per heavy atom. The molecule has 1 saturated carbocycles. The van der Waals surface area contributed by atoms with Crippen LogP contribution < -0.4 is 5.32 Å². The third kappa shape index (κ3) is 4.07. The third-order valence-electron chi connectivity index (χ3n) is 4.67. The fourth-order valence-corrected chi connectivity index (χ4v) is 3.76. The maximum atomic E-state index is 4.31. The van der Waals surface area contributed by atoms with Crippen molar-refractivity contribution in [1.29, 1.82) is 0 Å². The summed E-state index contributed by atoms with van der Waals surface area (Å²) >= 11 is 0. The van der Waals surface area contributed by atoms with Crippen molar-refractivity contribution >= 4 is 0 Å². The Balaban J connectivity index is 1.98. The first-order valence-electron chi connectivity index (χ1n) is 7.85. The van der Waals surface area contributed by atoms with Crippen LogP contribution in [0.3, 0.4) is 0 Å². The predicted molar refractivity (Wildman–Crippen MR) is 80.1 cm³/mol. The topological polar surface area (TPSA) is 29.9 Å². The lowest BCUT2D eigenvalue weighted by Crippen LogP contribution is -2.33. The van der Waals surface area contributed by atoms with Gasteiger partial charge in [0.1, 0.15) is 0 Å². The van der Waals surface area contributed by atoms with Crippen LogP contribution in [0.1, 0.15) is 44.6 Å². The molecule has 1 heterocycles. The number of hydrogen-bond acceptors (Lipinski definition) is 2. The number of aromatic nitrogens is 2. The van der Waals surface area contributed by atoms with Crippen molar-refractivity contribution in [3.8, 4) is 0 Å². The van der Waals surface area contributed by atoms with Gasteiger partial charge in [0.15, 0.2) is 0 Å². The summed E-state index contributed by atoms with van der Waals surface area (Å²) < 4.78 is 1.93. The molecule has 1 aromatic heterocycles. The van der Waals surface area contributed by atoms with Crippen LogP contribution in [0.15, 0.2) is 12.4 Å². The smallest absolute Gasteiger partial charge is 0.0521 e. The van der Waals surface area contributed by atoms with E-state index in [1.807, 2.05) is 17.9 Å². The summed E-state index contributed by atoms with van der Waals surface area (Å²) in [6, 6.07) is 0. The van der Waals surface area contributed by atoms with Crippen molar-refractivity contribution in [3.63, 3.8) is 0 Å². The van der Waals surface area contributed by atoms with Crippen LogP contribution in [0.2, 0.25) is 0 Å². The second kappa shape index (κ2) is 7.09. The molecule has 0 radical (unpaired) electrons. The Morgan fingerprint density at radius 3 is 2.84 bits per heavy atom. The Kier molecular flexibility index (Phi) is 5.44. The van der Waals surface area contributed by atoms with Crippen LogP contribution in [0, 0.1) is 17.8 Å². The molecule has 0 aliphatic heterocycles. The van der Waals surface area contributed by atoms with Gasteiger partial charge in [0.05, 0.1) is 6.20 Å². The van der Waals surface area contributed by atoms with Crippen LogP contribution in [0.4, 0.5) is 0 Å². The number of hydrogen-bond donors (Lipinski definition) is 1. The lowest BCUT2D eigenvalue weighted by atomic mass is 9.71. The van der Waals surface area contributed by atoms with Gasteiger partial charge < -0.3 is 5.32 Å². The zero-order chi connectivity index (χ0) is 13.7. The summed E-state index contributed by atoms with van der Waals surface area (Å²) in [5, 5.41) is 7.69. The maximum Gasteiger partial charge on any atom is 0.0521 e. The molecule has 3 nitrogen and oxygen atoms in total. The molecule has 1 aromatic rings. The molecule has 1 aliphatic rings. The van der Waals surface area contributed by atoms with Crippen LogP contribution in [-0.4, -0.2) is 23.4 Å². The Labute approximate surface area is 117 Å². The number of rotatable bonds is 6. The highest BCUT2D eigenvalue weighted by Crippen LogP contribution is 2.37. The van der Waals surface area contributed by atoms with Crippen LogP contribution in [0.5, 0.6) is 0 Å². The molecule has 108 valence electrons. The zero-order valence-electron chi connectivity index (χ0n) is 12.7. The molecule has 0 aromatic carbocycles. The molecule has 19 heavy (non-hydrogen) atoms. The first-order chi connectivity index (χ1) is 9.22. The van der Waals surface area contributed by atoms with E-state index in [1.54, 1.807) is 0 Å². The fourth-order valence-electron chi connectivity index (χ4n) is 3.76. The quantitative estimate of drug-likeness (QED) is 0.855. The number of nitrogens with zero attached hydrogens (tertiary/aromatic N) is 2. The number of aryl methyl sites for hydroxylation is 1. The van der Waals surface area contributed by atoms with Crippen molar-refractivity contribution in [2.75, 3.05) is 13.6 Å². The molecule has 3 unspecified atom stereocenters. The van der Waals surface area contributed by atoms with E-state index in [1.165, 1.54) is 50.6 Å². The van der Waals surface area contributed by atoms with Crippen LogP contribution >= 0.6 is 0 Å². The molecule has 2 rings (SSSR count). The van der Waals surface area contributed by atoms with E-state index >= 15 is 0 Å². The Bertz CT molecular complexity index is 372. The van der Waals surface area contributed by atoms with Gasteiger partial charge >= 0.3 is 0 Å². The molecule has 1 aliphatic carbocycles. The first-order valence-corrected chi connectivity index (χ1v) is 7.85. The first kappa shape index (κ1) is 14.6. The summed E-state index contributed by atoms with van der Waals surface area (Å²) in [5.74, 6) is 2.64. The average molecular weight is 263 g/mol. The highest BCUT2D eigenvalue weighted by Gasteiger charge is 2.29. The van der Waals surface area contributed by atoms with Gasteiger partial charge in [-0.3, -0.25) is 4.68 Å². The minimum Gasteiger partial charge on any atom is -0.319 e. The van der Waals surface area contributed by atoms with E-state index in [9.17, 15) is 0 Å². The van der Waals surface area contributed by atoms with Gasteiger partial charge in [0.2, 0.25) is 0 Å². The van der Waals surface area contributed by atoms with Crippen LogP contribution in [0.25, 0.3) is 0 Å². The van der Waals surface area contributed by atoms with E-state index in [-0.39, 0.29) is 0 Å². The van der Waals surface area contributed by atoms with Gasteiger partial charge in [-0.05, 0) is 56.2 Å². The zero-order valence-corrected chi connectivity index (χ0v) is 12.7. The second-order valence-corrected chi connectivity index (χ2v) is 6.27. The summed E-state index contributed by atoms with van der Waals surface area (Å²) in [7, 11) is 4.09. The molecular weight excluding hydrogens is 234 g/mol. The third-order valence-corrected chi connectivity index (χ3v) is 4.67. The van der Waals surface area contributed by atoms with Crippen molar-refractivity contribution < 1.29 is 0 Å². The van der Waals surface area contributed by atoms with E-state index in [4.69, 9.17) is 0 Å². The van der Waals surface area contributed by atoms with E-state index in [0.717, 1.165) is 17.8 Å². The number of nitrogens with one attached hydrogen (secondary N) is 1. The fraction of sp³-hybridized carbons (Fsp3) is 0.812. The molecular formula is C16H29N3. The van der Waals surface area contributed by atoms with Crippen molar-refractivity contribution in [3.05, 3.63) is 18.0 Å². The van der Waals surface area contributed by atoms with Gasteiger partial charge in [-0.15, -0.1) is 0 Å². The summed E-state index contributed by atoms with van der Waals surface area (Å²) in [6.07, 6.45) is 12.4. The summed E-state index contributed by atoms with van der Waals surface area (Å²) in [4.78, 5) is 0. The standard InChI is InChI=1S/C16H29N3/c1-4-5-13-6-7-15(11-17-2)16(8-13)9-14-10-18-19(3)12-14/h10,12-13,15-17H,4-9,11H2,1-3H3. The van der Waals surface area contributed by atoms with Crippen molar-refractivity contribution in [2.45, 2.75) is 45.4 Å². The molecule has 1 N–H and O–H groups in total. The van der Waals surface area contributed by atoms with Gasteiger partial charge in [0.25, 0.3) is 0 Å². The molecule has 3 heteroatoms. The van der Waals surface area contributed by atoms with Gasteiger partial charge in [-0.25, -0.2) is 0 Å². The van der Waals surface area contributed by atoms with Crippen molar-refractivity contribution in [2.24, 2.45) is 24.8 Å². The highest BCUT2D eigenvalue weighted by atomic mass is 15.2. The summed E-state index contributed by atoms with van der Waals surface area (Å²) in [5.41, 5.74) is 1.41. The molecule has 0 amide bonds. The van der Waals surface area contributed by atoms with E-state index in [2.05, 4.69) is 30.6 Å². The van der Waals surface area contributed by atoms with Gasteiger partial charge in [-0.2, -0.15) is 5.10 Å². The van der Waals surface area contributed by atoms with Crippen LogP contribution in [-0.2, 0) is 13.5 Å². The highest BCUT2D eigenvalue weighted by molar-refractivity contribution is 5.06. The monoisotopic (exact) mass is 263 g/mol. The predicted octanol–water partition coefficient (Wildman–Crippen LogP) is 3.01. The average Bonchev–Trinajstić information content (AvgIpc) is 2.79. The minimum atomic E-state index is 0.835. The second-order valence-electron chi connectivity index (χ2n) is 6.27. The van der Waals surface area contributed by atoms with Crippen molar-refractivity contribution in [1.82, 2.24) is 15.1 Å². The van der Waals surface area contributed by atoms with Gasteiger partial charge in [-0.1, -0.05) is 26.2 Å². The lowest BCUT2D eigenvalue weighted by molar-refractivity contribution is 0.169. The molecule has 3 atom stereocenters. The largest absolute Gasteiger partial charge is 0.319 e. The van der Waals surface area contributed by atoms with E-state index < -0.39 is 0 Å². The molecule has 0 spiro atoms. The minimum absolute atomic E-state index is 0.835. The Morgan fingerprint density at radius 1 is 1.37 bits per heavy atom. The lowest BCUT2D eigenvalue weighted by Gasteiger charge is -2.36. The molecule has 0 bridgehead atoms. The summed E-state index contributed by atoms with van der Waals surface area (Å²) in [6.45, 7) is 3.49. The normalized spacial score (nSPS) is 27.6. The SMILES string of the molecule is CCCC1CCC(CNC)C(Cc2cnn(C)c2)C1. The van der Waals surface area contributed by atoms with E-state index in [0.29, 0.717) is 0 Å². The molecule has 0 saturated heterocycles. The molecule has 1 fully saturated rings. The van der Waals surface area contributed by atoms with Gasteiger partial charge in [0, 0.05) is 13.2 Å².